The fourth-order valence-corrected chi connectivity index (χ4v) is 2.16. The molecule has 0 saturated heterocycles. The summed E-state index contributed by atoms with van der Waals surface area (Å²) < 4.78 is 24.9. The molecule has 128 valence electrons. The van der Waals surface area contributed by atoms with E-state index < -0.39 is 11.9 Å². The second-order valence-electron chi connectivity index (χ2n) is 5.60. The molecule has 1 N–H and O–H groups in total. The van der Waals surface area contributed by atoms with Crippen molar-refractivity contribution in [3.8, 4) is 11.5 Å². The van der Waals surface area contributed by atoms with Gasteiger partial charge in [0.05, 0.1) is 11.8 Å². The van der Waals surface area contributed by atoms with Gasteiger partial charge in [-0.3, -0.25) is 4.79 Å². The van der Waals surface area contributed by atoms with Gasteiger partial charge in [0.1, 0.15) is 5.75 Å². The molecular weight excluding hydrogens is 309 g/mol. The number of nitrogens with one attached hydrogen (secondary N) is 1. The monoisotopic (exact) mass is 331 g/mol. The molecule has 0 aliphatic carbocycles. The summed E-state index contributed by atoms with van der Waals surface area (Å²) >= 11 is 0. The summed E-state index contributed by atoms with van der Waals surface area (Å²) in [4.78, 5) is 12.5. The van der Waals surface area contributed by atoms with E-state index in [9.17, 15) is 9.18 Å². The molecular formula is C19H22FNO3. The van der Waals surface area contributed by atoms with Crippen molar-refractivity contribution in [3.63, 3.8) is 0 Å². The predicted molar refractivity (Wildman–Crippen MR) is 91.9 cm³/mol. The molecule has 1 atom stereocenters. The summed E-state index contributed by atoms with van der Waals surface area (Å²) in [6.45, 7) is 5.63. The summed E-state index contributed by atoms with van der Waals surface area (Å²) in [6.07, 6.45) is -0.401. The summed E-state index contributed by atoms with van der Waals surface area (Å²) in [5.74, 6) is -0.194. The summed E-state index contributed by atoms with van der Waals surface area (Å²) in [7, 11) is 0. The zero-order valence-electron chi connectivity index (χ0n) is 14.1. The van der Waals surface area contributed by atoms with Crippen LogP contribution in [0.15, 0.2) is 48.5 Å². The van der Waals surface area contributed by atoms with Gasteiger partial charge in [0.25, 0.3) is 5.91 Å². The Balaban J connectivity index is 2.11. The number of rotatable bonds is 7. The van der Waals surface area contributed by atoms with Crippen molar-refractivity contribution in [2.75, 3.05) is 5.32 Å². The normalized spacial score (nSPS) is 11.9. The first-order valence-electron chi connectivity index (χ1n) is 7.99. The van der Waals surface area contributed by atoms with Crippen LogP contribution in [0.4, 0.5) is 10.1 Å². The van der Waals surface area contributed by atoms with Crippen LogP contribution in [0.25, 0.3) is 0 Å². The zero-order valence-corrected chi connectivity index (χ0v) is 14.1. The molecule has 0 radical (unpaired) electrons. The molecule has 0 fully saturated rings. The number of amides is 1. The Morgan fingerprint density at radius 1 is 1.04 bits per heavy atom. The number of hydrogen-bond donors (Lipinski definition) is 1. The lowest BCUT2D eigenvalue weighted by atomic mass is 10.2. The Morgan fingerprint density at radius 2 is 1.67 bits per heavy atom. The van der Waals surface area contributed by atoms with Crippen LogP contribution in [0.5, 0.6) is 11.5 Å². The topological polar surface area (TPSA) is 47.6 Å². The van der Waals surface area contributed by atoms with E-state index in [4.69, 9.17) is 9.47 Å². The molecule has 5 heteroatoms. The van der Waals surface area contributed by atoms with E-state index in [0.29, 0.717) is 17.9 Å². The average molecular weight is 331 g/mol. The summed E-state index contributed by atoms with van der Waals surface area (Å²) in [5, 5.41) is 2.80. The number of benzene rings is 2. The molecule has 1 unspecified atom stereocenters. The van der Waals surface area contributed by atoms with Crippen LogP contribution in [-0.4, -0.2) is 18.1 Å². The molecule has 0 aliphatic heterocycles. The molecule has 4 nitrogen and oxygen atoms in total. The minimum atomic E-state index is -0.797. The largest absolute Gasteiger partial charge is 0.489 e. The van der Waals surface area contributed by atoms with Gasteiger partial charge in [-0.15, -0.1) is 0 Å². The molecule has 0 aromatic heterocycles. The van der Waals surface area contributed by atoms with Gasteiger partial charge in [-0.1, -0.05) is 31.2 Å². The van der Waals surface area contributed by atoms with Crippen LogP contribution in [0.3, 0.4) is 0 Å². The standard InChI is InChI=1S/C19H22FNO3/c1-4-16(24-17-11-7-5-9-14(17)20)19(22)21-15-10-6-8-12-18(15)23-13(2)3/h5-13,16H,4H2,1-3H3,(H,21,22). The number of halogens is 1. The van der Waals surface area contributed by atoms with E-state index in [-0.39, 0.29) is 17.8 Å². The average Bonchev–Trinajstić information content (AvgIpc) is 2.55. The third-order valence-electron chi connectivity index (χ3n) is 3.28. The van der Waals surface area contributed by atoms with Crippen LogP contribution in [0.1, 0.15) is 27.2 Å². The molecule has 2 aromatic rings. The Morgan fingerprint density at radius 3 is 2.29 bits per heavy atom. The molecule has 1 amide bonds. The Hall–Kier alpha value is -2.56. The predicted octanol–water partition coefficient (Wildman–Crippen LogP) is 4.41. The Labute approximate surface area is 141 Å². The van der Waals surface area contributed by atoms with Crippen molar-refractivity contribution in [2.24, 2.45) is 0 Å². The minimum absolute atomic E-state index is 0.0142. The fourth-order valence-electron chi connectivity index (χ4n) is 2.16. The van der Waals surface area contributed by atoms with Crippen LogP contribution in [0, 0.1) is 5.82 Å². The van der Waals surface area contributed by atoms with Crippen LogP contribution >= 0.6 is 0 Å². The Kier molecular flexibility index (Phi) is 6.18. The lowest BCUT2D eigenvalue weighted by molar-refractivity contribution is -0.122. The molecule has 0 saturated carbocycles. The third kappa shape index (κ3) is 4.72. The third-order valence-corrected chi connectivity index (χ3v) is 3.28. The van der Waals surface area contributed by atoms with Crippen LogP contribution in [-0.2, 0) is 4.79 Å². The van der Waals surface area contributed by atoms with E-state index >= 15 is 0 Å². The molecule has 24 heavy (non-hydrogen) atoms. The number of carbonyl (C=O) groups is 1. The maximum absolute atomic E-state index is 13.7. The maximum atomic E-state index is 13.7. The van der Waals surface area contributed by atoms with Gasteiger partial charge in [0, 0.05) is 0 Å². The highest BCUT2D eigenvalue weighted by Crippen LogP contribution is 2.26. The van der Waals surface area contributed by atoms with Crippen molar-refractivity contribution in [1.82, 2.24) is 0 Å². The van der Waals surface area contributed by atoms with E-state index in [0.717, 1.165) is 0 Å². The molecule has 0 bridgehead atoms. The van der Waals surface area contributed by atoms with Crippen molar-refractivity contribution in [2.45, 2.75) is 39.4 Å². The van der Waals surface area contributed by atoms with Crippen molar-refractivity contribution < 1.29 is 18.7 Å². The van der Waals surface area contributed by atoms with Gasteiger partial charge in [0.2, 0.25) is 0 Å². The van der Waals surface area contributed by atoms with E-state index in [2.05, 4.69) is 5.32 Å². The first kappa shape index (κ1) is 17.8. The lowest BCUT2D eigenvalue weighted by Crippen LogP contribution is -2.32. The first-order valence-corrected chi connectivity index (χ1v) is 7.99. The van der Waals surface area contributed by atoms with Crippen LogP contribution < -0.4 is 14.8 Å². The van der Waals surface area contributed by atoms with Gasteiger partial charge >= 0.3 is 0 Å². The van der Waals surface area contributed by atoms with Gasteiger partial charge in [-0.05, 0) is 44.5 Å². The highest BCUT2D eigenvalue weighted by Gasteiger charge is 2.21. The van der Waals surface area contributed by atoms with Gasteiger partial charge in [0.15, 0.2) is 17.7 Å². The maximum Gasteiger partial charge on any atom is 0.265 e. The zero-order chi connectivity index (χ0) is 17.5. The molecule has 2 aromatic carbocycles. The molecule has 0 aliphatic rings. The quantitative estimate of drug-likeness (QED) is 0.817. The Bertz CT molecular complexity index is 688. The second kappa shape index (κ2) is 8.34. The smallest absolute Gasteiger partial charge is 0.265 e. The fraction of sp³-hybridized carbons (Fsp3) is 0.316. The summed E-state index contributed by atoms with van der Waals surface area (Å²) in [5.41, 5.74) is 0.562. The van der Waals surface area contributed by atoms with E-state index in [1.165, 1.54) is 12.1 Å². The highest BCUT2D eigenvalue weighted by molar-refractivity contribution is 5.95. The highest BCUT2D eigenvalue weighted by atomic mass is 19.1. The lowest BCUT2D eigenvalue weighted by Gasteiger charge is -2.19. The molecule has 0 heterocycles. The molecule has 0 spiro atoms. The van der Waals surface area contributed by atoms with Crippen molar-refractivity contribution in [3.05, 3.63) is 54.3 Å². The SMILES string of the molecule is CCC(Oc1ccccc1F)C(=O)Nc1ccccc1OC(C)C. The number of hydrogen-bond acceptors (Lipinski definition) is 3. The molecule has 2 rings (SSSR count). The van der Waals surface area contributed by atoms with E-state index in [1.54, 1.807) is 24.3 Å². The second-order valence-corrected chi connectivity index (χ2v) is 5.60. The number of carbonyl (C=O) groups excluding carboxylic acids is 1. The number of anilines is 1. The van der Waals surface area contributed by atoms with Crippen molar-refractivity contribution in [1.29, 1.82) is 0 Å². The minimum Gasteiger partial charge on any atom is -0.489 e. The van der Waals surface area contributed by atoms with E-state index in [1.807, 2.05) is 32.9 Å². The van der Waals surface area contributed by atoms with Gasteiger partial charge < -0.3 is 14.8 Å². The number of ether oxygens (including phenoxy) is 2. The van der Waals surface area contributed by atoms with Crippen LogP contribution in [0.2, 0.25) is 0 Å². The first-order chi connectivity index (χ1) is 11.5. The van der Waals surface area contributed by atoms with Gasteiger partial charge in [-0.2, -0.15) is 0 Å². The van der Waals surface area contributed by atoms with Crippen molar-refractivity contribution >= 4 is 11.6 Å². The van der Waals surface area contributed by atoms with Gasteiger partial charge in [-0.25, -0.2) is 4.39 Å². The summed E-state index contributed by atoms with van der Waals surface area (Å²) in [6, 6.07) is 13.2. The number of para-hydroxylation sites is 3.